The Morgan fingerprint density at radius 2 is 1.84 bits per heavy atom. The van der Waals surface area contributed by atoms with Crippen molar-refractivity contribution in [1.29, 1.82) is 0 Å². The van der Waals surface area contributed by atoms with E-state index >= 15 is 0 Å². The van der Waals surface area contributed by atoms with E-state index in [2.05, 4.69) is 10.6 Å². The first-order valence-corrected chi connectivity index (χ1v) is 9.45. The van der Waals surface area contributed by atoms with Crippen LogP contribution in [0.3, 0.4) is 0 Å². The van der Waals surface area contributed by atoms with Crippen LogP contribution in [0.2, 0.25) is 0 Å². The molecule has 0 atom stereocenters. The molecule has 0 unspecified atom stereocenters. The Labute approximate surface area is 145 Å². The lowest BCUT2D eigenvalue weighted by molar-refractivity contribution is -0.114. The fraction of sp³-hybridized carbons (Fsp3) is 0.235. The number of carbonyl (C=O) groups is 1. The lowest BCUT2D eigenvalue weighted by Crippen LogP contribution is -2.22. The van der Waals surface area contributed by atoms with Gasteiger partial charge in [0.25, 0.3) is 0 Å². The van der Waals surface area contributed by atoms with E-state index < -0.39 is 26.5 Å². The van der Waals surface area contributed by atoms with E-state index in [0.29, 0.717) is 18.0 Å². The average molecular weight is 366 g/mol. The lowest BCUT2D eigenvalue weighted by atomic mass is 10.3. The fourth-order valence-corrected chi connectivity index (χ4v) is 3.17. The van der Waals surface area contributed by atoms with Gasteiger partial charge in [0, 0.05) is 11.9 Å². The Hall–Kier alpha value is -2.61. The molecular formula is C17H19FN2O4S. The largest absolute Gasteiger partial charge is 0.494 e. The number of nitrogens with one attached hydrogen (secondary N) is 2. The molecule has 0 heterocycles. The maximum atomic E-state index is 13.8. The summed E-state index contributed by atoms with van der Waals surface area (Å²) < 4.78 is 42.5. The SMILES string of the molecule is CCOc1ccc(NC(=O)CNc2cccc(F)c2S(C)(=O)=O)cc1. The maximum Gasteiger partial charge on any atom is 0.243 e. The van der Waals surface area contributed by atoms with Gasteiger partial charge in [-0.15, -0.1) is 0 Å². The third kappa shape index (κ3) is 5.18. The molecule has 0 spiro atoms. The number of hydrogen-bond donors (Lipinski definition) is 2. The van der Waals surface area contributed by atoms with Gasteiger partial charge in [-0.1, -0.05) is 6.07 Å². The van der Waals surface area contributed by atoms with Crippen molar-refractivity contribution < 1.29 is 22.3 Å². The van der Waals surface area contributed by atoms with Gasteiger partial charge in [-0.05, 0) is 43.3 Å². The summed E-state index contributed by atoms with van der Waals surface area (Å²) >= 11 is 0. The van der Waals surface area contributed by atoms with Crippen LogP contribution in [0.1, 0.15) is 6.92 Å². The van der Waals surface area contributed by atoms with Gasteiger partial charge >= 0.3 is 0 Å². The predicted octanol–water partition coefficient (Wildman–Crippen LogP) is 2.68. The molecule has 0 aliphatic rings. The topological polar surface area (TPSA) is 84.5 Å². The highest BCUT2D eigenvalue weighted by atomic mass is 32.2. The van der Waals surface area contributed by atoms with E-state index in [1.165, 1.54) is 12.1 Å². The zero-order valence-corrected chi connectivity index (χ0v) is 14.7. The van der Waals surface area contributed by atoms with E-state index in [1.807, 2.05) is 6.92 Å². The minimum Gasteiger partial charge on any atom is -0.494 e. The molecule has 25 heavy (non-hydrogen) atoms. The van der Waals surface area contributed by atoms with Crippen LogP contribution in [-0.2, 0) is 14.6 Å². The van der Waals surface area contributed by atoms with Gasteiger partial charge in [0.05, 0.1) is 18.8 Å². The average Bonchev–Trinajstić information content (AvgIpc) is 2.54. The fourth-order valence-electron chi connectivity index (χ4n) is 2.21. The number of benzene rings is 2. The van der Waals surface area contributed by atoms with Crippen molar-refractivity contribution in [1.82, 2.24) is 0 Å². The number of carbonyl (C=O) groups excluding carboxylic acids is 1. The summed E-state index contributed by atoms with van der Waals surface area (Å²) in [5.74, 6) is -0.566. The normalized spacial score (nSPS) is 11.0. The number of rotatable bonds is 7. The van der Waals surface area contributed by atoms with Crippen molar-refractivity contribution in [2.75, 3.05) is 30.0 Å². The zero-order chi connectivity index (χ0) is 18.4. The summed E-state index contributed by atoms with van der Waals surface area (Å²) in [6.45, 7) is 2.21. The van der Waals surface area contributed by atoms with Crippen LogP contribution in [0.4, 0.5) is 15.8 Å². The van der Waals surface area contributed by atoms with E-state index in [-0.39, 0.29) is 12.2 Å². The number of halogens is 1. The summed E-state index contributed by atoms with van der Waals surface area (Å²) in [6.07, 6.45) is 0.913. The van der Waals surface area contributed by atoms with Crippen LogP contribution < -0.4 is 15.4 Å². The van der Waals surface area contributed by atoms with E-state index in [0.717, 1.165) is 12.3 Å². The first-order chi connectivity index (χ1) is 11.8. The van der Waals surface area contributed by atoms with Gasteiger partial charge in [0.15, 0.2) is 9.84 Å². The highest BCUT2D eigenvalue weighted by Gasteiger charge is 2.19. The van der Waals surface area contributed by atoms with Crippen LogP contribution >= 0.6 is 0 Å². The van der Waals surface area contributed by atoms with Crippen LogP contribution in [-0.4, -0.2) is 33.7 Å². The molecule has 2 aromatic carbocycles. The Morgan fingerprint density at radius 3 is 2.44 bits per heavy atom. The molecule has 2 rings (SSSR count). The zero-order valence-electron chi connectivity index (χ0n) is 13.9. The standard InChI is InChI=1S/C17H19FN2O4S/c1-3-24-13-9-7-12(8-10-13)20-16(21)11-19-15-6-4-5-14(18)17(15)25(2,22)23/h4-10,19H,3,11H2,1-2H3,(H,20,21). The van der Waals surface area contributed by atoms with Crippen molar-refractivity contribution in [2.24, 2.45) is 0 Å². The molecule has 2 N–H and O–H groups in total. The Morgan fingerprint density at radius 1 is 1.16 bits per heavy atom. The number of hydrogen-bond acceptors (Lipinski definition) is 5. The van der Waals surface area contributed by atoms with E-state index in [1.54, 1.807) is 24.3 Å². The van der Waals surface area contributed by atoms with E-state index in [9.17, 15) is 17.6 Å². The molecule has 6 nitrogen and oxygen atoms in total. The molecule has 8 heteroatoms. The van der Waals surface area contributed by atoms with Gasteiger partial charge < -0.3 is 15.4 Å². The third-order valence-corrected chi connectivity index (χ3v) is 4.38. The van der Waals surface area contributed by atoms with Crippen molar-refractivity contribution in [3.05, 3.63) is 48.3 Å². The molecule has 0 saturated heterocycles. The first kappa shape index (κ1) is 18.7. The van der Waals surface area contributed by atoms with Gasteiger partial charge in [-0.3, -0.25) is 4.79 Å². The molecule has 0 aromatic heterocycles. The van der Waals surface area contributed by atoms with Gasteiger partial charge in [-0.25, -0.2) is 12.8 Å². The Bertz CT molecular complexity index is 851. The minimum atomic E-state index is -3.76. The van der Waals surface area contributed by atoms with Gasteiger partial charge in [0.1, 0.15) is 16.5 Å². The highest BCUT2D eigenvalue weighted by molar-refractivity contribution is 7.90. The van der Waals surface area contributed by atoms with Crippen molar-refractivity contribution >= 4 is 27.1 Å². The molecule has 0 bridgehead atoms. The van der Waals surface area contributed by atoms with Crippen molar-refractivity contribution in [3.8, 4) is 5.75 Å². The summed E-state index contributed by atoms with van der Waals surface area (Å²) in [6, 6.07) is 10.7. The summed E-state index contributed by atoms with van der Waals surface area (Å²) in [4.78, 5) is 11.5. The second-order valence-corrected chi connectivity index (χ2v) is 7.20. The molecular weight excluding hydrogens is 347 g/mol. The number of sulfone groups is 1. The monoisotopic (exact) mass is 366 g/mol. The van der Waals surface area contributed by atoms with E-state index in [4.69, 9.17) is 4.74 Å². The third-order valence-electron chi connectivity index (χ3n) is 3.23. The number of amides is 1. The number of anilines is 2. The summed E-state index contributed by atoms with van der Waals surface area (Å²) in [5, 5.41) is 5.31. The van der Waals surface area contributed by atoms with Crippen molar-refractivity contribution in [2.45, 2.75) is 11.8 Å². The van der Waals surface area contributed by atoms with Crippen LogP contribution in [0, 0.1) is 5.82 Å². The number of ether oxygens (including phenoxy) is 1. The van der Waals surface area contributed by atoms with Crippen molar-refractivity contribution in [3.63, 3.8) is 0 Å². The molecule has 0 radical (unpaired) electrons. The second-order valence-electron chi connectivity index (χ2n) is 5.25. The highest BCUT2D eigenvalue weighted by Crippen LogP contribution is 2.24. The molecule has 2 aromatic rings. The molecule has 0 saturated carbocycles. The molecule has 134 valence electrons. The quantitative estimate of drug-likeness (QED) is 0.787. The Balaban J connectivity index is 2.02. The maximum absolute atomic E-state index is 13.8. The molecule has 0 fully saturated rings. The first-order valence-electron chi connectivity index (χ1n) is 7.56. The molecule has 1 amide bonds. The molecule has 0 aliphatic heterocycles. The lowest BCUT2D eigenvalue weighted by Gasteiger charge is -2.12. The van der Waals surface area contributed by atoms with Crippen LogP contribution in [0.25, 0.3) is 0 Å². The van der Waals surface area contributed by atoms with Gasteiger partial charge in [0.2, 0.25) is 5.91 Å². The van der Waals surface area contributed by atoms with Crippen LogP contribution in [0.15, 0.2) is 47.4 Å². The summed E-state index contributed by atoms with van der Waals surface area (Å²) in [7, 11) is -3.76. The minimum absolute atomic E-state index is 0.0457. The van der Waals surface area contributed by atoms with Gasteiger partial charge in [-0.2, -0.15) is 0 Å². The molecule has 0 aliphatic carbocycles. The predicted molar refractivity (Wildman–Crippen MR) is 94.2 cm³/mol. The summed E-state index contributed by atoms with van der Waals surface area (Å²) in [5.41, 5.74) is 0.613. The van der Waals surface area contributed by atoms with Crippen LogP contribution in [0.5, 0.6) is 5.75 Å². The second kappa shape index (κ2) is 7.98. The smallest absolute Gasteiger partial charge is 0.243 e. The Kier molecular flexibility index (Phi) is 5.97.